The molecule has 122 valence electrons. The monoisotopic (exact) mass is 308 g/mol. The minimum atomic E-state index is -0.751. The molecule has 0 aliphatic carbocycles. The number of carboxylic acids is 1. The number of anilines is 1. The van der Waals surface area contributed by atoms with E-state index < -0.39 is 5.97 Å². The van der Waals surface area contributed by atoms with Crippen LogP contribution in [0.4, 0.5) is 5.69 Å². The smallest absolute Gasteiger partial charge is 0.304 e. The van der Waals surface area contributed by atoms with Crippen molar-refractivity contribution in [3.63, 3.8) is 0 Å². The summed E-state index contributed by atoms with van der Waals surface area (Å²) in [5.74, 6) is 0.799. The molecule has 1 aliphatic heterocycles. The van der Waals surface area contributed by atoms with E-state index in [1.54, 1.807) is 14.2 Å². The van der Waals surface area contributed by atoms with Crippen LogP contribution in [-0.2, 0) is 4.79 Å². The number of carbonyl (C=O) groups is 1. The first-order valence-electron chi connectivity index (χ1n) is 7.43. The summed E-state index contributed by atoms with van der Waals surface area (Å²) in [7, 11) is 5.28. The maximum atomic E-state index is 10.7. The van der Waals surface area contributed by atoms with Gasteiger partial charge < -0.3 is 24.4 Å². The first-order valence-corrected chi connectivity index (χ1v) is 7.43. The van der Waals surface area contributed by atoms with Gasteiger partial charge >= 0.3 is 5.97 Å². The van der Waals surface area contributed by atoms with Crippen molar-refractivity contribution in [1.29, 1.82) is 0 Å². The highest BCUT2D eigenvalue weighted by molar-refractivity contribution is 5.66. The van der Waals surface area contributed by atoms with Crippen molar-refractivity contribution in [2.45, 2.75) is 18.9 Å². The number of aliphatic carboxylic acids is 1. The van der Waals surface area contributed by atoms with E-state index in [9.17, 15) is 4.79 Å². The van der Waals surface area contributed by atoms with E-state index in [2.05, 4.69) is 9.80 Å². The minimum absolute atomic E-state index is 0.181. The summed E-state index contributed by atoms with van der Waals surface area (Å²) in [6, 6.07) is 6.23. The van der Waals surface area contributed by atoms with Crippen molar-refractivity contribution in [2.75, 3.05) is 45.8 Å². The largest absolute Gasteiger partial charge is 0.497 e. The maximum absolute atomic E-state index is 10.7. The van der Waals surface area contributed by atoms with Gasteiger partial charge in [0, 0.05) is 49.6 Å². The molecular formula is C16H24N2O4. The zero-order valence-electron chi connectivity index (χ0n) is 13.4. The fourth-order valence-corrected chi connectivity index (χ4v) is 2.77. The maximum Gasteiger partial charge on any atom is 0.304 e. The van der Waals surface area contributed by atoms with Crippen LogP contribution in [0.15, 0.2) is 18.2 Å². The van der Waals surface area contributed by atoms with E-state index in [1.807, 2.05) is 25.2 Å². The molecule has 0 aromatic heterocycles. The Labute approximate surface area is 131 Å². The number of carboxylic acid groups (broad SMARTS) is 1. The Kier molecular flexibility index (Phi) is 5.49. The number of ether oxygens (including phenoxy) is 2. The molecule has 1 aliphatic rings. The number of nitrogens with zero attached hydrogens (tertiary/aromatic N) is 2. The highest BCUT2D eigenvalue weighted by Crippen LogP contribution is 2.31. The molecule has 2 rings (SSSR count). The molecule has 1 fully saturated rings. The van der Waals surface area contributed by atoms with Gasteiger partial charge in [-0.05, 0) is 13.5 Å². The normalized spacial score (nSPS) is 17.8. The minimum Gasteiger partial charge on any atom is -0.497 e. The van der Waals surface area contributed by atoms with E-state index >= 15 is 0 Å². The van der Waals surface area contributed by atoms with Crippen molar-refractivity contribution in [3.8, 4) is 11.5 Å². The topological polar surface area (TPSA) is 62.2 Å². The molecule has 22 heavy (non-hydrogen) atoms. The quantitative estimate of drug-likeness (QED) is 0.827. The average Bonchev–Trinajstić information content (AvgIpc) is 3.02. The Morgan fingerprint density at radius 3 is 2.50 bits per heavy atom. The number of methoxy groups -OCH3 is 2. The molecular weight excluding hydrogens is 284 g/mol. The van der Waals surface area contributed by atoms with Crippen LogP contribution in [0.5, 0.6) is 11.5 Å². The molecule has 0 radical (unpaired) electrons. The highest BCUT2D eigenvalue weighted by Gasteiger charge is 2.26. The molecule has 0 bridgehead atoms. The standard InChI is InChI=1S/C16H24N2O4/c1-17(6-5-16(19)20)12-4-7-18(11-12)13-8-14(21-2)10-15(9-13)22-3/h8-10,12H,4-7,11H2,1-3H3,(H,19,20). The van der Waals surface area contributed by atoms with Gasteiger partial charge in [0.1, 0.15) is 11.5 Å². The van der Waals surface area contributed by atoms with Crippen molar-refractivity contribution >= 4 is 11.7 Å². The Hall–Kier alpha value is -1.95. The fourth-order valence-electron chi connectivity index (χ4n) is 2.77. The van der Waals surface area contributed by atoms with Crippen molar-refractivity contribution in [2.24, 2.45) is 0 Å². The van der Waals surface area contributed by atoms with Crippen LogP contribution in [0.2, 0.25) is 0 Å². The first-order chi connectivity index (χ1) is 10.5. The van der Waals surface area contributed by atoms with E-state index in [1.165, 1.54) is 0 Å². The van der Waals surface area contributed by atoms with E-state index in [0.29, 0.717) is 12.6 Å². The predicted octanol–water partition coefficient (Wildman–Crippen LogP) is 1.69. The Balaban J connectivity index is 2.02. The molecule has 0 spiro atoms. The molecule has 6 heteroatoms. The zero-order chi connectivity index (χ0) is 16.1. The van der Waals surface area contributed by atoms with Crippen LogP contribution in [0.3, 0.4) is 0 Å². The van der Waals surface area contributed by atoms with Crippen molar-refractivity contribution < 1.29 is 19.4 Å². The fraction of sp³-hybridized carbons (Fsp3) is 0.562. The van der Waals surface area contributed by atoms with Crippen LogP contribution < -0.4 is 14.4 Å². The van der Waals surface area contributed by atoms with Gasteiger partial charge in [0.05, 0.1) is 20.6 Å². The van der Waals surface area contributed by atoms with Crippen molar-refractivity contribution in [3.05, 3.63) is 18.2 Å². The molecule has 0 amide bonds. The number of likely N-dealkylation sites (N-methyl/N-ethyl adjacent to an activating group) is 1. The van der Waals surface area contributed by atoms with Gasteiger partial charge in [0.25, 0.3) is 0 Å². The lowest BCUT2D eigenvalue weighted by molar-refractivity contribution is -0.137. The van der Waals surface area contributed by atoms with Gasteiger partial charge in [-0.2, -0.15) is 0 Å². The lowest BCUT2D eigenvalue weighted by Gasteiger charge is -2.25. The lowest BCUT2D eigenvalue weighted by atomic mass is 10.2. The molecule has 1 unspecified atom stereocenters. The molecule has 6 nitrogen and oxygen atoms in total. The third-order valence-electron chi connectivity index (χ3n) is 4.17. The lowest BCUT2D eigenvalue weighted by Crippen LogP contribution is -2.35. The van der Waals surface area contributed by atoms with Gasteiger partial charge in [-0.25, -0.2) is 0 Å². The summed E-state index contributed by atoms with van der Waals surface area (Å²) in [6.07, 6.45) is 1.20. The molecule has 1 atom stereocenters. The molecule has 1 saturated heterocycles. The summed E-state index contributed by atoms with van der Waals surface area (Å²) in [6.45, 7) is 2.40. The molecule has 1 aromatic carbocycles. The van der Waals surface area contributed by atoms with Gasteiger partial charge in [0.15, 0.2) is 0 Å². The summed E-state index contributed by atoms with van der Waals surface area (Å²) in [4.78, 5) is 15.1. The van der Waals surface area contributed by atoms with Gasteiger partial charge in [-0.15, -0.1) is 0 Å². The number of rotatable bonds is 7. The summed E-state index contributed by atoms with van der Waals surface area (Å²) >= 11 is 0. The van der Waals surface area contributed by atoms with E-state index in [-0.39, 0.29) is 6.42 Å². The third kappa shape index (κ3) is 4.04. The summed E-state index contributed by atoms with van der Waals surface area (Å²) in [5.41, 5.74) is 1.07. The third-order valence-corrected chi connectivity index (χ3v) is 4.17. The van der Waals surface area contributed by atoms with Crippen LogP contribution >= 0.6 is 0 Å². The van der Waals surface area contributed by atoms with Crippen LogP contribution in [0.25, 0.3) is 0 Å². The van der Waals surface area contributed by atoms with Gasteiger partial charge in [0.2, 0.25) is 0 Å². The first kappa shape index (κ1) is 16.4. The number of hydrogen-bond acceptors (Lipinski definition) is 5. The highest BCUT2D eigenvalue weighted by atomic mass is 16.5. The Bertz CT molecular complexity index is 499. The predicted molar refractivity (Wildman–Crippen MR) is 85.0 cm³/mol. The number of hydrogen-bond donors (Lipinski definition) is 1. The van der Waals surface area contributed by atoms with E-state index in [0.717, 1.165) is 36.7 Å². The molecule has 1 N–H and O–H groups in total. The number of benzene rings is 1. The molecule has 1 aromatic rings. The SMILES string of the molecule is COc1cc(OC)cc(N2CCC(N(C)CCC(=O)O)C2)c1. The van der Waals surface area contributed by atoms with E-state index in [4.69, 9.17) is 14.6 Å². The van der Waals surface area contributed by atoms with Gasteiger partial charge in [-0.1, -0.05) is 0 Å². The Morgan fingerprint density at radius 2 is 1.95 bits per heavy atom. The Morgan fingerprint density at radius 1 is 1.32 bits per heavy atom. The van der Waals surface area contributed by atoms with Gasteiger partial charge in [-0.3, -0.25) is 4.79 Å². The average molecular weight is 308 g/mol. The second kappa shape index (κ2) is 7.35. The summed E-state index contributed by atoms with van der Waals surface area (Å²) < 4.78 is 10.6. The van der Waals surface area contributed by atoms with Crippen LogP contribution in [0.1, 0.15) is 12.8 Å². The zero-order valence-corrected chi connectivity index (χ0v) is 13.4. The van der Waals surface area contributed by atoms with Crippen LogP contribution in [-0.4, -0.2) is 62.9 Å². The van der Waals surface area contributed by atoms with Crippen LogP contribution in [0, 0.1) is 0 Å². The van der Waals surface area contributed by atoms with Crippen molar-refractivity contribution in [1.82, 2.24) is 4.90 Å². The molecule has 1 heterocycles. The molecule has 0 saturated carbocycles. The second-order valence-corrected chi connectivity index (χ2v) is 5.58. The summed E-state index contributed by atoms with van der Waals surface area (Å²) in [5, 5.41) is 8.79. The second-order valence-electron chi connectivity index (χ2n) is 5.58.